The number of benzene rings is 2. The highest BCUT2D eigenvalue weighted by atomic mass is 127. The van der Waals surface area contributed by atoms with Crippen molar-refractivity contribution in [1.82, 2.24) is 0 Å². The Labute approximate surface area is 157 Å². The van der Waals surface area contributed by atoms with E-state index < -0.39 is 0 Å². The monoisotopic (exact) mass is 433 g/mol. The summed E-state index contributed by atoms with van der Waals surface area (Å²) in [5.74, 6) is 3.84. The number of nitrogens with zero attached hydrogens (tertiary/aromatic N) is 1. The SMILES string of the molecule is C#CCOc1c(I)cc(C=Nc2cc(C)ccc2C)cc1OCC. The molecule has 2 rings (SSSR count). The first-order chi connectivity index (χ1) is 11.5. The first-order valence-corrected chi connectivity index (χ1v) is 8.77. The number of aryl methyl sites for hydroxylation is 2. The van der Waals surface area contributed by atoms with Gasteiger partial charge >= 0.3 is 0 Å². The quantitative estimate of drug-likeness (QED) is 0.362. The molecule has 0 amide bonds. The van der Waals surface area contributed by atoms with Crippen molar-refractivity contribution in [1.29, 1.82) is 0 Å². The van der Waals surface area contributed by atoms with Crippen molar-refractivity contribution in [3.05, 3.63) is 50.6 Å². The summed E-state index contributed by atoms with van der Waals surface area (Å²) in [6.45, 7) is 6.82. The molecule has 0 fully saturated rings. The smallest absolute Gasteiger partial charge is 0.175 e. The van der Waals surface area contributed by atoms with Gasteiger partial charge in [-0.2, -0.15) is 0 Å². The molecule has 0 saturated heterocycles. The minimum Gasteiger partial charge on any atom is -0.490 e. The minimum atomic E-state index is 0.214. The zero-order valence-electron chi connectivity index (χ0n) is 14.1. The van der Waals surface area contributed by atoms with Crippen LogP contribution in [0.5, 0.6) is 11.5 Å². The molecule has 0 heterocycles. The van der Waals surface area contributed by atoms with E-state index in [1.807, 2.05) is 25.3 Å². The second-order valence-electron chi connectivity index (χ2n) is 5.30. The van der Waals surface area contributed by atoms with Gasteiger partial charge in [-0.1, -0.05) is 18.1 Å². The summed E-state index contributed by atoms with van der Waals surface area (Å²) in [6.07, 6.45) is 7.12. The number of aliphatic imine (C=N–C) groups is 1. The molecule has 2 aromatic rings. The Balaban J connectivity index is 2.35. The van der Waals surface area contributed by atoms with Crippen LogP contribution < -0.4 is 9.47 Å². The maximum atomic E-state index is 5.69. The molecule has 0 aliphatic rings. The number of halogens is 1. The first-order valence-electron chi connectivity index (χ1n) is 7.69. The maximum absolute atomic E-state index is 5.69. The predicted molar refractivity (Wildman–Crippen MR) is 108 cm³/mol. The minimum absolute atomic E-state index is 0.214. The number of rotatable bonds is 6. The zero-order valence-corrected chi connectivity index (χ0v) is 16.3. The van der Waals surface area contributed by atoms with Crippen LogP contribution in [0.4, 0.5) is 5.69 Å². The summed E-state index contributed by atoms with van der Waals surface area (Å²) in [6, 6.07) is 10.2. The summed E-state index contributed by atoms with van der Waals surface area (Å²) in [5.41, 5.74) is 4.26. The van der Waals surface area contributed by atoms with E-state index in [-0.39, 0.29) is 6.61 Å². The largest absolute Gasteiger partial charge is 0.490 e. The molecule has 0 atom stereocenters. The van der Waals surface area contributed by atoms with Crippen molar-refractivity contribution in [2.75, 3.05) is 13.2 Å². The Morgan fingerprint density at radius 3 is 2.71 bits per heavy atom. The molecule has 0 aliphatic heterocycles. The van der Waals surface area contributed by atoms with Crippen LogP contribution in [0.25, 0.3) is 0 Å². The maximum Gasteiger partial charge on any atom is 0.175 e. The van der Waals surface area contributed by atoms with Crippen LogP contribution in [0.1, 0.15) is 23.6 Å². The molecule has 3 nitrogen and oxygen atoms in total. The third-order valence-corrected chi connectivity index (χ3v) is 4.15. The van der Waals surface area contributed by atoms with E-state index >= 15 is 0 Å². The molecule has 0 saturated carbocycles. The molecule has 0 spiro atoms. The Morgan fingerprint density at radius 1 is 1.21 bits per heavy atom. The van der Waals surface area contributed by atoms with Gasteiger partial charge in [-0.25, -0.2) is 0 Å². The average molecular weight is 433 g/mol. The molecular formula is C20H20INO2. The van der Waals surface area contributed by atoms with Crippen molar-refractivity contribution < 1.29 is 9.47 Å². The summed E-state index contributed by atoms with van der Waals surface area (Å²) in [4.78, 5) is 4.61. The fraction of sp³-hybridized carbons (Fsp3) is 0.250. The fourth-order valence-electron chi connectivity index (χ4n) is 2.18. The lowest BCUT2D eigenvalue weighted by Crippen LogP contribution is -2.02. The summed E-state index contributed by atoms with van der Waals surface area (Å²) in [5, 5.41) is 0. The van der Waals surface area contributed by atoms with Gasteiger partial charge in [-0.15, -0.1) is 6.42 Å². The standard InChI is InChI=1S/C20H20INO2/c1-5-9-24-20-17(21)11-16(12-19(20)23-6-2)13-22-18-10-14(3)7-8-15(18)4/h1,7-8,10-13H,6,9H2,2-4H3. The molecule has 0 unspecified atom stereocenters. The Morgan fingerprint density at radius 2 is 2.00 bits per heavy atom. The van der Waals surface area contributed by atoms with Crippen molar-refractivity contribution in [2.45, 2.75) is 20.8 Å². The van der Waals surface area contributed by atoms with Gasteiger partial charge in [-0.05, 0) is 78.3 Å². The van der Waals surface area contributed by atoms with Crippen LogP contribution >= 0.6 is 22.6 Å². The molecular weight excluding hydrogens is 413 g/mol. The van der Waals surface area contributed by atoms with Gasteiger partial charge in [0.05, 0.1) is 15.9 Å². The lowest BCUT2D eigenvalue weighted by atomic mass is 10.1. The van der Waals surface area contributed by atoms with Gasteiger partial charge in [0.1, 0.15) is 6.61 Å². The second kappa shape index (κ2) is 8.74. The van der Waals surface area contributed by atoms with E-state index in [1.165, 1.54) is 5.56 Å². The van der Waals surface area contributed by atoms with Gasteiger partial charge in [0.15, 0.2) is 11.5 Å². The average Bonchev–Trinajstić information content (AvgIpc) is 2.55. The fourth-order valence-corrected chi connectivity index (χ4v) is 2.96. The van der Waals surface area contributed by atoms with Crippen LogP contribution in [0, 0.1) is 29.8 Å². The number of hydrogen-bond acceptors (Lipinski definition) is 3. The van der Waals surface area contributed by atoms with Gasteiger partial charge in [-0.3, -0.25) is 4.99 Å². The van der Waals surface area contributed by atoms with Crippen molar-refractivity contribution in [3.63, 3.8) is 0 Å². The molecule has 0 aromatic heterocycles. The van der Waals surface area contributed by atoms with Crippen molar-refractivity contribution in [3.8, 4) is 23.8 Å². The van der Waals surface area contributed by atoms with Gasteiger partial charge < -0.3 is 9.47 Å². The van der Waals surface area contributed by atoms with Crippen molar-refractivity contribution >= 4 is 34.5 Å². The van der Waals surface area contributed by atoms with E-state index in [0.717, 1.165) is 20.4 Å². The highest BCUT2D eigenvalue weighted by molar-refractivity contribution is 14.1. The second-order valence-corrected chi connectivity index (χ2v) is 6.47. The molecule has 2 aromatic carbocycles. The molecule has 24 heavy (non-hydrogen) atoms. The molecule has 4 heteroatoms. The zero-order chi connectivity index (χ0) is 17.5. The van der Waals surface area contributed by atoms with Crippen LogP contribution in [0.15, 0.2) is 35.3 Å². The van der Waals surface area contributed by atoms with Crippen LogP contribution in [0.3, 0.4) is 0 Å². The Kier molecular flexibility index (Phi) is 6.68. The van der Waals surface area contributed by atoms with Crippen LogP contribution in [-0.4, -0.2) is 19.4 Å². The third kappa shape index (κ3) is 4.75. The summed E-state index contributed by atoms with van der Waals surface area (Å²) in [7, 11) is 0. The highest BCUT2D eigenvalue weighted by Crippen LogP contribution is 2.34. The third-order valence-electron chi connectivity index (χ3n) is 3.35. The van der Waals surface area contributed by atoms with E-state index in [0.29, 0.717) is 18.1 Å². The highest BCUT2D eigenvalue weighted by Gasteiger charge is 2.11. The molecule has 0 N–H and O–H groups in total. The molecule has 124 valence electrons. The Bertz CT molecular complexity index is 791. The van der Waals surface area contributed by atoms with E-state index in [9.17, 15) is 0 Å². The van der Waals surface area contributed by atoms with Crippen molar-refractivity contribution in [2.24, 2.45) is 4.99 Å². The number of hydrogen-bond donors (Lipinski definition) is 0. The predicted octanol–water partition coefficient (Wildman–Crippen LogP) is 5.07. The number of ether oxygens (including phenoxy) is 2. The summed E-state index contributed by atoms with van der Waals surface area (Å²) < 4.78 is 12.2. The van der Waals surface area contributed by atoms with E-state index in [2.05, 4.69) is 65.6 Å². The lowest BCUT2D eigenvalue weighted by molar-refractivity contribution is 0.298. The van der Waals surface area contributed by atoms with E-state index in [4.69, 9.17) is 15.9 Å². The van der Waals surface area contributed by atoms with Crippen LogP contribution in [-0.2, 0) is 0 Å². The first kappa shape index (κ1) is 18.3. The lowest BCUT2D eigenvalue weighted by Gasteiger charge is -2.13. The van der Waals surface area contributed by atoms with Gasteiger partial charge in [0.2, 0.25) is 0 Å². The van der Waals surface area contributed by atoms with Crippen LogP contribution in [0.2, 0.25) is 0 Å². The number of terminal acetylenes is 1. The Hall–Kier alpha value is -2.00. The topological polar surface area (TPSA) is 30.8 Å². The summed E-state index contributed by atoms with van der Waals surface area (Å²) >= 11 is 2.22. The molecule has 0 radical (unpaired) electrons. The molecule has 0 aliphatic carbocycles. The van der Waals surface area contributed by atoms with Gasteiger partial charge in [0, 0.05) is 6.21 Å². The normalized spacial score (nSPS) is 10.6. The van der Waals surface area contributed by atoms with Gasteiger partial charge in [0.25, 0.3) is 0 Å². The van der Waals surface area contributed by atoms with E-state index in [1.54, 1.807) is 0 Å². The molecule has 0 bridgehead atoms.